The Labute approximate surface area is 123 Å². The third-order valence-electron chi connectivity index (χ3n) is 3.82. The SMILES string of the molecule is CCNC(c1cc2c(s1)CCCC2)c1ccncc1F. The van der Waals surface area contributed by atoms with Crippen LogP contribution in [-0.2, 0) is 12.8 Å². The van der Waals surface area contributed by atoms with E-state index in [1.54, 1.807) is 12.3 Å². The Bertz CT molecular complexity index is 570. The lowest BCUT2D eigenvalue weighted by atomic mass is 9.98. The summed E-state index contributed by atoms with van der Waals surface area (Å²) in [5.74, 6) is -0.232. The summed E-state index contributed by atoms with van der Waals surface area (Å²) in [6, 6.07) is 3.99. The maximum absolute atomic E-state index is 14.0. The van der Waals surface area contributed by atoms with Crippen LogP contribution in [0.2, 0.25) is 0 Å². The number of hydrogen-bond donors (Lipinski definition) is 1. The largest absolute Gasteiger partial charge is 0.306 e. The number of fused-ring (bicyclic) bond motifs is 1. The highest BCUT2D eigenvalue weighted by molar-refractivity contribution is 7.12. The van der Waals surface area contributed by atoms with Gasteiger partial charge in [-0.15, -0.1) is 11.3 Å². The first-order valence-corrected chi connectivity index (χ1v) is 8.05. The number of rotatable bonds is 4. The highest BCUT2D eigenvalue weighted by atomic mass is 32.1. The van der Waals surface area contributed by atoms with Crippen LogP contribution in [0.1, 0.15) is 46.7 Å². The molecule has 0 fully saturated rings. The van der Waals surface area contributed by atoms with Gasteiger partial charge < -0.3 is 5.32 Å². The Morgan fingerprint density at radius 1 is 1.40 bits per heavy atom. The zero-order valence-electron chi connectivity index (χ0n) is 11.7. The number of thiophene rings is 1. The molecule has 2 aromatic rings. The average Bonchev–Trinajstić information content (AvgIpc) is 2.89. The normalized spacial score (nSPS) is 15.9. The van der Waals surface area contributed by atoms with E-state index in [0.29, 0.717) is 5.56 Å². The molecule has 0 spiro atoms. The number of aromatic nitrogens is 1. The van der Waals surface area contributed by atoms with Crippen LogP contribution < -0.4 is 5.32 Å². The van der Waals surface area contributed by atoms with Crippen LogP contribution in [0, 0.1) is 5.82 Å². The lowest BCUT2D eigenvalue weighted by Crippen LogP contribution is -2.22. The number of nitrogens with one attached hydrogen (secondary N) is 1. The van der Waals surface area contributed by atoms with Crippen LogP contribution in [0.5, 0.6) is 0 Å². The van der Waals surface area contributed by atoms with Crippen LogP contribution in [0.3, 0.4) is 0 Å². The van der Waals surface area contributed by atoms with Crippen molar-refractivity contribution in [2.24, 2.45) is 0 Å². The molecule has 1 atom stereocenters. The lowest BCUT2D eigenvalue weighted by molar-refractivity contribution is 0.558. The standard InChI is InChI=1S/C16H19FN2S/c1-2-19-16(12-7-8-18-10-13(12)17)15-9-11-5-3-4-6-14(11)20-15/h7-10,16,19H,2-6H2,1H3. The molecule has 0 saturated heterocycles. The van der Waals surface area contributed by atoms with Gasteiger partial charge in [-0.1, -0.05) is 6.92 Å². The quantitative estimate of drug-likeness (QED) is 0.925. The molecule has 0 radical (unpaired) electrons. The minimum Gasteiger partial charge on any atom is -0.306 e. The van der Waals surface area contributed by atoms with Crippen LogP contribution >= 0.6 is 11.3 Å². The van der Waals surface area contributed by atoms with Crippen LogP contribution in [0.4, 0.5) is 4.39 Å². The van der Waals surface area contributed by atoms with Gasteiger partial charge in [0.15, 0.2) is 0 Å². The summed E-state index contributed by atoms with van der Waals surface area (Å²) in [5.41, 5.74) is 2.16. The molecule has 3 rings (SSSR count). The molecule has 1 unspecified atom stereocenters. The molecule has 20 heavy (non-hydrogen) atoms. The van der Waals surface area contributed by atoms with Gasteiger partial charge in [-0.3, -0.25) is 4.98 Å². The van der Waals surface area contributed by atoms with E-state index < -0.39 is 0 Å². The fraction of sp³-hybridized carbons (Fsp3) is 0.438. The molecule has 0 saturated carbocycles. The van der Waals surface area contributed by atoms with E-state index >= 15 is 0 Å². The highest BCUT2D eigenvalue weighted by Crippen LogP contribution is 2.35. The summed E-state index contributed by atoms with van der Waals surface area (Å²) < 4.78 is 14.0. The molecule has 0 aromatic carbocycles. The molecule has 0 amide bonds. The minimum absolute atomic E-state index is 0.0569. The zero-order chi connectivity index (χ0) is 13.9. The Balaban J connectivity index is 1.98. The first-order valence-electron chi connectivity index (χ1n) is 7.24. The summed E-state index contributed by atoms with van der Waals surface area (Å²) in [7, 11) is 0. The molecule has 2 nitrogen and oxygen atoms in total. The second-order valence-corrected chi connectivity index (χ2v) is 6.36. The van der Waals surface area contributed by atoms with Gasteiger partial charge in [-0.2, -0.15) is 0 Å². The molecule has 1 aliphatic carbocycles. The van der Waals surface area contributed by atoms with Crippen molar-refractivity contribution in [1.29, 1.82) is 0 Å². The predicted octanol–water partition coefficient (Wildman–Crippen LogP) is 3.86. The van der Waals surface area contributed by atoms with Gasteiger partial charge in [0.05, 0.1) is 12.2 Å². The molecule has 106 valence electrons. The second kappa shape index (κ2) is 6.02. The van der Waals surface area contributed by atoms with E-state index in [0.717, 1.165) is 6.54 Å². The molecule has 4 heteroatoms. The van der Waals surface area contributed by atoms with Crippen LogP contribution in [0.15, 0.2) is 24.5 Å². The Hall–Kier alpha value is -1.26. The molecule has 1 aliphatic rings. The summed E-state index contributed by atoms with van der Waals surface area (Å²) in [6.45, 7) is 2.87. The number of hydrogen-bond acceptors (Lipinski definition) is 3. The van der Waals surface area contributed by atoms with E-state index in [9.17, 15) is 4.39 Å². The smallest absolute Gasteiger partial charge is 0.146 e. The van der Waals surface area contributed by atoms with E-state index in [1.165, 1.54) is 47.2 Å². The zero-order valence-corrected chi connectivity index (χ0v) is 12.5. The van der Waals surface area contributed by atoms with Gasteiger partial charge in [0.2, 0.25) is 0 Å². The third kappa shape index (κ3) is 2.63. The average molecular weight is 290 g/mol. The first kappa shape index (κ1) is 13.7. The predicted molar refractivity (Wildman–Crippen MR) is 80.7 cm³/mol. The van der Waals surface area contributed by atoms with Gasteiger partial charge in [0.1, 0.15) is 5.82 Å². The van der Waals surface area contributed by atoms with Gasteiger partial charge in [-0.05, 0) is 49.9 Å². The Kier molecular flexibility index (Phi) is 4.13. The molecule has 2 heterocycles. The maximum atomic E-state index is 14.0. The van der Waals surface area contributed by atoms with Crippen molar-refractivity contribution in [2.45, 2.75) is 38.6 Å². The summed E-state index contributed by atoms with van der Waals surface area (Å²) in [5, 5.41) is 3.41. The topological polar surface area (TPSA) is 24.9 Å². The molecule has 1 N–H and O–H groups in total. The Morgan fingerprint density at radius 2 is 2.25 bits per heavy atom. The van der Waals surface area contributed by atoms with Gasteiger partial charge >= 0.3 is 0 Å². The summed E-state index contributed by atoms with van der Waals surface area (Å²) in [6.07, 6.45) is 7.87. The monoisotopic (exact) mass is 290 g/mol. The summed E-state index contributed by atoms with van der Waals surface area (Å²) >= 11 is 1.84. The number of aryl methyl sites for hydroxylation is 2. The fourth-order valence-electron chi connectivity index (χ4n) is 2.84. The minimum atomic E-state index is -0.232. The van der Waals surface area contributed by atoms with Gasteiger partial charge in [0, 0.05) is 21.5 Å². The number of nitrogens with zero attached hydrogens (tertiary/aromatic N) is 1. The molecular weight excluding hydrogens is 271 g/mol. The number of halogens is 1. The van der Waals surface area contributed by atoms with Crippen LogP contribution in [0.25, 0.3) is 0 Å². The maximum Gasteiger partial charge on any atom is 0.146 e. The van der Waals surface area contributed by atoms with Crippen molar-refractivity contribution >= 4 is 11.3 Å². The first-order chi connectivity index (χ1) is 9.79. The molecule has 0 aliphatic heterocycles. The van der Waals surface area contributed by atoms with Crippen molar-refractivity contribution < 1.29 is 4.39 Å². The van der Waals surface area contributed by atoms with Crippen molar-refractivity contribution in [3.05, 3.63) is 51.2 Å². The van der Waals surface area contributed by atoms with Crippen molar-refractivity contribution in [2.75, 3.05) is 6.54 Å². The van der Waals surface area contributed by atoms with Crippen LogP contribution in [-0.4, -0.2) is 11.5 Å². The molecule has 0 bridgehead atoms. The molecule has 2 aromatic heterocycles. The molecular formula is C16H19FN2S. The van der Waals surface area contributed by atoms with Gasteiger partial charge in [0.25, 0.3) is 0 Å². The highest BCUT2D eigenvalue weighted by Gasteiger charge is 2.22. The number of pyridine rings is 1. The van der Waals surface area contributed by atoms with E-state index in [4.69, 9.17) is 0 Å². The Morgan fingerprint density at radius 3 is 3.00 bits per heavy atom. The van der Waals surface area contributed by atoms with Crippen molar-refractivity contribution in [3.63, 3.8) is 0 Å². The van der Waals surface area contributed by atoms with Gasteiger partial charge in [-0.25, -0.2) is 4.39 Å². The fourth-order valence-corrected chi connectivity index (χ4v) is 4.20. The van der Waals surface area contributed by atoms with Crippen molar-refractivity contribution in [3.8, 4) is 0 Å². The van der Waals surface area contributed by atoms with E-state index in [-0.39, 0.29) is 11.9 Å². The van der Waals surface area contributed by atoms with E-state index in [1.807, 2.05) is 11.3 Å². The second-order valence-electron chi connectivity index (χ2n) is 5.19. The third-order valence-corrected chi connectivity index (χ3v) is 5.13. The van der Waals surface area contributed by atoms with E-state index in [2.05, 4.69) is 23.3 Å². The lowest BCUT2D eigenvalue weighted by Gasteiger charge is -2.17. The van der Waals surface area contributed by atoms with Crippen molar-refractivity contribution in [1.82, 2.24) is 10.3 Å². The summed E-state index contributed by atoms with van der Waals surface area (Å²) in [4.78, 5) is 6.56.